The van der Waals surface area contributed by atoms with Crippen LogP contribution in [0.5, 0.6) is 0 Å². The number of likely N-dealkylation sites (tertiary alicyclic amines) is 1. The van der Waals surface area contributed by atoms with Gasteiger partial charge in [-0.25, -0.2) is 8.78 Å². The summed E-state index contributed by atoms with van der Waals surface area (Å²) in [7, 11) is 0. The van der Waals surface area contributed by atoms with E-state index in [9.17, 15) is 14.9 Å². The van der Waals surface area contributed by atoms with Crippen molar-refractivity contribution < 1.29 is 18.4 Å². The van der Waals surface area contributed by atoms with E-state index in [1.807, 2.05) is 20.8 Å². The maximum Gasteiger partial charge on any atom is 0.254 e. The molecule has 1 unspecified atom stereocenters. The van der Waals surface area contributed by atoms with Crippen molar-refractivity contribution in [1.29, 1.82) is 5.26 Å². The third-order valence-electron chi connectivity index (χ3n) is 7.37. The average Bonchev–Trinajstić information content (AvgIpc) is 3.18. The first kappa shape index (κ1) is 28.3. The van der Waals surface area contributed by atoms with Gasteiger partial charge in [-0.15, -0.1) is 0 Å². The number of primary amides is 1. The van der Waals surface area contributed by atoms with Crippen molar-refractivity contribution in [3.8, 4) is 6.07 Å². The molecule has 3 aromatic carbocycles. The fraction of sp³-hybridized carbons (Fsp3) is 0.323. The van der Waals surface area contributed by atoms with Crippen molar-refractivity contribution >= 4 is 23.4 Å². The summed E-state index contributed by atoms with van der Waals surface area (Å²) >= 11 is 6.18. The molecule has 5 nitrogen and oxygen atoms in total. The number of carbonyl (C=O) groups is 2. The summed E-state index contributed by atoms with van der Waals surface area (Å²) in [6, 6.07) is 16.0. The third-order valence-corrected chi connectivity index (χ3v) is 7.66. The Hall–Kier alpha value is -3.76. The largest absolute Gasteiger partial charge is 0.366 e. The number of nitriles is 1. The molecule has 0 radical (unpaired) electrons. The van der Waals surface area contributed by atoms with Crippen LogP contribution in [0.25, 0.3) is 0 Å². The first-order chi connectivity index (χ1) is 18.3. The van der Waals surface area contributed by atoms with Crippen molar-refractivity contribution in [1.82, 2.24) is 4.90 Å². The number of nitrogens with two attached hydrogens (primary N) is 1. The highest BCUT2D eigenvalue weighted by Crippen LogP contribution is 2.56. The van der Waals surface area contributed by atoms with Gasteiger partial charge in [0.15, 0.2) is 0 Å². The summed E-state index contributed by atoms with van der Waals surface area (Å²) in [6.07, 6.45) is 0.455. The molecule has 0 aromatic heterocycles. The highest BCUT2D eigenvalue weighted by Gasteiger charge is 2.60. The van der Waals surface area contributed by atoms with E-state index in [0.717, 1.165) is 0 Å². The minimum Gasteiger partial charge on any atom is -0.366 e. The topological polar surface area (TPSA) is 87.2 Å². The molecule has 202 valence electrons. The first-order valence-corrected chi connectivity index (χ1v) is 13.0. The second-order valence-corrected chi connectivity index (χ2v) is 11.8. The number of rotatable bonds is 5. The summed E-state index contributed by atoms with van der Waals surface area (Å²) in [5, 5.41) is 10.8. The normalized spacial score (nSPS) is 21.0. The number of nitrogens with zero attached hydrogens (tertiary/aromatic N) is 2. The Labute approximate surface area is 232 Å². The maximum absolute atomic E-state index is 15.8. The van der Waals surface area contributed by atoms with Crippen LogP contribution in [0.1, 0.15) is 70.6 Å². The number of amides is 2. The van der Waals surface area contributed by atoms with Crippen LogP contribution in [-0.2, 0) is 5.41 Å². The summed E-state index contributed by atoms with van der Waals surface area (Å²) < 4.78 is 31.5. The second kappa shape index (κ2) is 10.4. The van der Waals surface area contributed by atoms with Crippen LogP contribution in [0, 0.1) is 41.2 Å². The van der Waals surface area contributed by atoms with E-state index in [1.165, 1.54) is 47.4 Å². The molecule has 0 aliphatic carbocycles. The second-order valence-electron chi connectivity index (χ2n) is 11.4. The lowest BCUT2D eigenvalue weighted by Gasteiger charge is -2.38. The van der Waals surface area contributed by atoms with Gasteiger partial charge >= 0.3 is 0 Å². The SMILES string of the molecule is Cc1ccc(C2(C#N)[C@H](CC(C)(C)C)CN(C(=O)c3ccc(C(N)=O)cc3)[C@@H]2c2cccc(Cl)c2F)c(F)c1. The van der Waals surface area contributed by atoms with Crippen LogP contribution in [0.3, 0.4) is 0 Å². The zero-order valence-corrected chi connectivity index (χ0v) is 23.0. The van der Waals surface area contributed by atoms with Crippen molar-refractivity contribution in [2.24, 2.45) is 17.1 Å². The Bertz CT molecular complexity index is 1480. The summed E-state index contributed by atoms with van der Waals surface area (Å²) in [5.74, 6) is -3.04. The quantitative estimate of drug-likeness (QED) is 0.382. The highest BCUT2D eigenvalue weighted by atomic mass is 35.5. The molecule has 4 rings (SSSR count). The molecule has 0 spiro atoms. The molecule has 39 heavy (non-hydrogen) atoms. The fourth-order valence-electron chi connectivity index (χ4n) is 5.74. The highest BCUT2D eigenvalue weighted by molar-refractivity contribution is 6.30. The maximum atomic E-state index is 15.8. The van der Waals surface area contributed by atoms with E-state index in [2.05, 4.69) is 6.07 Å². The lowest BCUT2D eigenvalue weighted by Crippen LogP contribution is -2.41. The Morgan fingerprint density at radius 1 is 1.10 bits per heavy atom. The zero-order valence-electron chi connectivity index (χ0n) is 22.3. The van der Waals surface area contributed by atoms with Crippen LogP contribution in [0.15, 0.2) is 60.7 Å². The molecule has 3 aromatic rings. The summed E-state index contributed by atoms with van der Waals surface area (Å²) in [4.78, 5) is 27.0. The smallest absolute Gasteiger partial charge is 0.254 e. The minimum atomic E-state index is -1.63. The van der Waals surface area contributed by atoms with Gasteiger partial charge in [0.1, 0.15) is 17.0 Å². The van der Waals surface area contributed by atoms with E-state index in [4.69, 9.17) is 17.3 Å². The number of benzene rings is 3. The monoisotopic (exact) mass is 549 g/mol. The Balaban J connectivity index is 2.01. The van der Waals surface area contributed by atoms with E-state index >= 15 is 8.78 Å². The van der Waals surface area contributed by atoms with Gasteiger partial charge in [0.25, 0.3) is 5.91 Å². The summed E-state index contributed by atoms with van der Waals surface area (Å²) in [5.41, 5.74) is 4.68. The minimum absolute atomic E-state index is 0.0301. The molecule has 0 saturated carbocycles. The Morgan fingerprint density at radius 3 is 2.31 bits per heavy atom. The van der Waals surface area contributed by atoms with Gasteiger partial charge in [0, 0.05) is 34.7 Å². The number of halogens is 3. The Morgan fingerprint density at radius 2 is 1.74 bits per heavy atom. The molecule has 0 bridgehead atoms. The predicted octanol–water partition coefficient (Wildman–Crippen LogP) is 6.74. The number of hydrogen-bond acceptors (Lipinski definition) is 3. The predicted molar refractivity (Wildman–Crippen MR) is 146 cm³/mol. The molecule has 2 N–H and O–H groups in total. The van der Waals surface area contributed by atoms with E-state index < -0.39 is 40.8 Å². The third kappa shape index (κ3) is 5.14. The van der Waals surface area contributed by atoms with Gasteiger partial charge in [-0.2, -0.15) is 5.26 Å². The molecule has 1 aliphatic heterocycles. The number of hydrogen-bond donors (Lipinski definition) is 1. The molecule has 1 aliphatic rings. The van der Waals surface area contributed by atoms with Gasteiger partial charge in [-0.1, -0.05) is 56.6 Å². The van der Waals surface area contributed by atoms with Gasteiger partial charge < -0.3 is 10.6 Å². The average molecular weight is 550 g/mol. The lowest BCUT2D eigenvalue weighted by molar-refractivity contribution is 0.0712. The van der Waals surface area contributed by atoms with E-state index in [1.54, 1.807) is 25.1 Å². The van der Waals surface area contributed by atoms with Crippen LogP contribution in [0.2, 0.25) is 5.02 Å². The molecule has 1 saturated heterocycles. The molecule has 2 amide bonds. The van der Waals surface area contributed by atoms with Crippen molar-refractivity contribution in [3.05, 3.63) is 105 Å². The summed E-state index contributed by atoms with van der Waals surface area (Å²) in [6.45, 7) is 7.83. The van der Waals surface area contributed by atoms with Gasteiger partial charge in [0.2, 0.25) is 5.91 Å². The van der Waals surface area contributed by atoms with Gasteiger partial charge in [-0.3, -0.25) is 9.59 Å². The zero-order chi connectivity index (χ0) is 28.7. The molecule has 8 heteroatoms. The van der Waals surface area contributed by atoms with Gasteiger partial charge in [-0.05, 0) is 60.7 Å². The van der Waals surface area contributed by atoms with E-state index in [-0.39, 0.29) is 39.2 Å². The molecular formula is C31H30ClF2N3O2. The van der Waals surface area contributed by atoms with Crippen molar-refractivity contribution in [2.75, 3.05) is 6.54 Å². The van der Waals surface area contributed by atoms with Crippen molar-refractivity contribution in [2.45, 2.75) is 45.6 Å². The van der Waals surface area contributed by atoms with Crippen LogP contribution in [0.4, 0.5) is 8.78 Å². The fourth-order valence-corrected chi connectivity index (χ4v) is 5.93. The molecule has 1 heterocycles. The molecule has 3 atom stereocenters. The van der Waals surface area contributed by atoms with Crippen LogP contribution < -0.4 is 5.73 Å². The number of carbonyl (C=O) groups excluding carboxylic acids is 2. The number of aryl methyl sites for hydroxylation is 1. The molecular weight excluding hydrogens is 520 g/mol. The Kier molecular flexibility index (Phi) is 7.55. The van der Waals surface area contributed by atoms with E-state index in [0.29, 0.717) is 12.0 Å². The van der Waals surface area contributed by atoms with Crippen molar-refractivity contribution in [3.63, 3.8) is 0 Å². The molecule has 1 fully saturated rings. The lowest BCUT2D eigenvalue weighted by atomic mass is 9.63. The van der Waals surface area contributed by atoms with Gasteiger partial charge in [0.05, 0.1) is 17.1 Å². The first-order valence-electron chi connectivity index (χ1n) is 12.6. The van der Waals surface area contributed by atoms with Crippen LogP contribution >= 0.6 is 11.6 Å². The standard InChI is InChI=1S/C31H30ClF2N3O2/c1-18-8-13-23(25(33)14-18)31(17-35)21(15-30(2,3)4)16-37(27(31)22-6-5-7-24(32)26(22)34)29(39)20-11-9-19(10-12-20)28(36)38/h5-14,21,27H,15-16H2,1-4H3,(H2,36,38)/t21-,27-,31?/m1/s1. The van der Waals surface area contributed by atoms with Crippen LogP contribution in [-0.4, -0.2) is 23.3 Å².